The molecule has 0 spiro atoms. The molecule has 19 heavy (non-hydrogen) atoms. The summed E-state index contributed by atoms with van der Waals surface area (Å²) >= 11 is 5.44. The standard InChI is InChI=1S/C12H20BrN5S/c1-19-12(5-3-2-4-6-12)7-15-10-9(13)11(18-14)17-8-16-10/h8H,2-7,14H2,1H3,(H2,15,16,17,18). The second-order valence-electron chi connectivity index (χ2n) is 4.83. The van der Waals surface area contributed by atoms with Crippen molar-refractivity contribution in [2.75, 3.05) is 23.5 Å². The molecular weight excluding hydrogens is 326 g/mol. The van der Waals surface area contributed by atoms with Gasteiger partial charge in [-0.1, -0.05) is 19.3 Å². The molecule has 5 nitrogen and oxygen atoms in total. The molecule has 1 saturated carbocycles. The zero-order valence-corrected chi connectivity index (χ0v) is 13.5. The molecule has 1 aliphatic carbocycles. The quantitative estimate of drug-likeness (QED) is 0.562. The Morgan fingerprint density at radius 1 is 1.32 bits per heavy atom. The maximum atomic E-state index is 5.41. The molecule has 1 heterocycles. The second kappa shape index (κ2) is 6.76. The minimum atomic E-state index is 0.332. The Morgan fingerprint density at radius 2 is 2.00 bits per heavy atom. The number of halogens is 1. The number of nitrogens with zero attached hydrogens (tertiary/aromatic N) is 2. The molecule has 1 aromatic heterocycles. The number of nitrogens with two attached hydrogens (primary N) is 1. The van der Waals surface area contributed by atoms with E-state index >= 15 is 0 Å². The summed E-state index contributed by atoms with van der Waals surface area (Å²) in [5, 5.41) is 3.43. The lowest BCUT2D eigenvalue weighted by atomic mass is 9.88. The zero-order chi connectivity index (χ0) is 13.7. The van der Waals surface area contributed by atoms with E-state index in [0.29, 0.717) is 10.6 Å². The van der Waals surface area contributed by atoms with Crippen molar-refractivity contribution < 1.29 is 0 Å². The van der Waals surface area contributed by atoms with Gasteiger partial charge in [0, 0.05) is 11.3 Å². The third-order valence-corrected chi connectivity index (χ3v) is 5.87. The first-order chi connectivity index (χ1) is 9.21. The van der Waals surface area contributed by atoms with E-state index in [1.165, 1.54) is 38.4 Å². The molecule has 1 fully saturated rings. The van der Waals surface area contributed by atoms with E-state index in [4.69, 9.17) is 5.84 Å². The fraction of sp³-hybridized carbons (Fsp3) is 0.667. The highest BCUT2D eigenvalue weighted by Gasteiger charge is 2.31. The summed E-state index contributed by atoms with van der Waals surface area (Å²) < 4.78 is 1.11. The van der Waals surface area contributed by atoms with Crippen LogP contribution in [0.3, 0.4) is 0 Å². The maximum absolute atomic E-state index is 5.41. The van der Waals surface area contributed by atoms with E-state index < -0.39 is 0 Å². The summed E-state index contributed by atoms with van der Waals surface area (Å²) in [6.07, 6.45) is 10.3. The fourth-order valence-electron chi connectivity index (χ4n) is 2.49. The van der Waals surface area contributed by atoms with Gasteiger partial charge in [-0.15, -0.1) is 0 Å². The van der Waals surface area contributed by atoms with Crippen LogP contribution in [0.15, 0.2) is 10.8 Å². The van der Waals surface area contributed by atoms with Crippen molar-refractivity contribution in [2.24, 2.45) is 5.84 Å². The van der Waals surface area contributed by atoms with Gasteiger partial charge in [-0.2, -0.15) is 11.8 Å². The minimum Gasteiger partial charge on any atom is -0.368 e. The van der Waals surface area contributed by atoms with Crippen LogP contribution in [0.2, 0.25) is 0 Å². The fourth-order valence-corrected chi connectivity index (χ4v) is 3.86. The summed E-state index contributed by atoms with van der Waals surface area (Å²) in [4.78, 5) is 8.31. The van der Waals surface area contributed by atoms with Gasteiger partial charge in [-0.3, -0.25) is 0 Å². The lowest BCUT2D eigenvalue weighted by Gasteiger charge is -2.36. The second-order valence-corrected chi connectivity index (χ2v) is 6.90. The van der Waals surface area contributed by atoms with Crippen LogP contribution >= 0.6 is 27.7 Å². The number of hydrogen-bond acceptors (Lipinski definition) is 6. The Bertz CT molecular complexity index is 423. The van der Waals surface area contributed by atoms with Gasteiger partial charge in [-0.25, -0.2) is 15.8 Å². The monoisotopic (exact) mass is 345 g/mol. The van der Waals surface area contributed by atoms with Crippen molar-refractivity contribution in [3.8, 4) is 0 Å². The first kappa shape index (κ1) is 14.9. The number of nitrogen functional groups attached to an aromatic ring is 1. The van der Waals surface area contributed by atoms with Crippen molar-refractivity contribution >= 4 is 39.3 Å². The van der Waals surface area contributed by atoms with Crippen LogP contribution in [-0.4, -0.2) is 27.5 Å². The lowest BCUT2D eigenvalue weighted by molar-refractivity contribution is 0.411. The lowest BCUT2D eigenvalue weighted by Crippen LogP contribution is -2.35. The summed E-state index contributed by atoms with van der Waals surface area (Å²) in [6, 6.07) is 0. The molecule has 0 unspecified atom stereocenters. The van der Waals surface area contributed by atoms with E-state index in [2.05, 4.69) is 42.9 Å². The number of hydrazine groups is 1. The Balaban J connectivity index is 2.05. The Morgan fingerprint density at radius 3 is 2.63 bits per heavy atom. The molecule has 4 N–H and O–H groups in total. The number of nitrogens with one attached hydrogen (secondary N) is 2. The predicted octanol–water partition coefficient (Wildman–Crippen LogP) is 3.00. The van der Waals surface area contributed by atoms with Crippen LogP contribution < -0.4 is 16.6 Å². The molecule has 0 bridgehead atoms. The molecular formula is C12H20BrN5S. The average molecular weight is 346 g/mol. The van der Waals surface area contributed by atoms with Gasteiger partial charge in [0.15, 0.2) is 5.82 Å². The first-order valence-electron chi connectivity index (χ1n) is 6.47. The van der Waals surface area contributed by atoms with E-state index in [1.54, 1.807) is 0 Å². The van der Waals surface area contributed by atoms with E-state index in [0.717, 1.165) is 16.8 Å². The molecule has 7 heteroatoms. The number of aromatic nitrogens is 2. The largest absolute Gasteiger partial charge is 0.368 e. The smallest absolute Gasteiger partial charge is 0.159 e. The van der Waals surface area contributed by atoms with Gasteiger partial charge in [0.1, 0.15) is 16.6 Å². The van der Waals surface area contributed by atoms with Crippen molar-refractivity contribution in [3.63, 3.8) is 0 Å². The number of rotatable bonds is 5. The minimum absolute atomic E-state index is 0.332. The molecule has 0 aromatic carbocycles. The third-order valence-electron chi connectivity index (χ3n) is 3.70. The van der Waals surface area contributed by atoms with Gasteiger partial charge in [0.05, 0.1) is 0 Å². The maximum Gasteiger partial charge on any atom is 0.159 e. The summed E-state index contributed by atoms with van der Waals surface area (Å²) in [5.41, 5.74) is 2.55. The molecule has 1 aromatic rings. The topological polar surface area (TPSA) is 75.9 Å². The Kier molecular flexibility index (Phi) is 5.29. The Labute approximate surface area is 126 Å². The van der Waals surface area contributed by atoms with E-state index in [-0.39, 0.29) is 0 Å². The van der Waals surface area contributed by atoms with Gasteiger partial charge < -0.3 is 10.7 Å². The summed E-state index contributed by atoms with van der Waals surface area (Å²) in [5.74, 6) is 6.80. The van der Waals surface area contributed by atoms with Crippen LogP contribution in [0.25, 0.3) is 0 Å². The number of thioether (sulfide) groups is 1. The molecule has 0 saturated heterocycles. The Hall–Kier alpha value is -0.530. The number of anilines is 2. The SMILES string of the molecule is CSC1(CNc2ncnc(NN)c2Br)CCCCC1. The zero-order valence-electron chi connectivity index (χ0n) is 11.1. The van der Waals surface area contributed by atoms with Crippen LogP contribution in [0.4, 0.5) is 11.6 Å². The molecule has 0 amide bonds. The van der Waals surface area contributed by atoms with Crippen LogP contribution in [-0.2, 0) is 0 Å². The highest BCUT2D eigenvalue weighted by molar-refractivity contribution is 9.10. The van der Waals surface area contributed by atoms with Crippen molar-refractivity contribution in [1.29, 1.82) is 0 Å². The highest BCUT2D eigenvalue weighted by Crippen LogP contribution is 2.39. The van der Waals surface area contributed by atoms with Crippen molar-refractivity contribution in [3.05, 3.63) is 10.8 Å². The van der Waals surface area contributed by atoms with E-state index in [1.807, 2.05) is 11.8 Å². The number of hydrogen-bond donors (Lipinski definition) is 3. The van der Waals surface area contributed by atoms with Crippen molar-refractivity contribution in [1.82, 2.24) is 9.97 Å². The van der Waals surface area contributed by atoms with E-state index in [9.17, 15) is 0 Å². The molecule has 106 valence electrons. The molecule has 1 aliphatic rings. The highest BCUT2D eigenvalue weighted by atomic mass is 79.9. The van der Waals surface area contributed by atoms with Crippen LogP contribution in [0.5, 0.6) is 0 Å². The average Bonchev–Trinajstić information content (AvgIpc) is 2.47. The summed E-state index contributed by atoms with van der Waals surface area (Å²) in [6.45, 7) is 0.924. The van der Waals surface area contributed by atoms with Gasteiger partial charge >= 0.3 is 0 Å². The van der Waals surface area contributed by atoms with Gasteiger partial charge in [-0.05, 0) is 35.0 Å². The summed E-state index contributed by atoms with van der Waals surface area (Å²) in [7, 11) is 0. The normalized spacial score (nSPS) is 18.1. The van der Waals surface area contributed by atoms with Crippen molar-refractivity contribution in [2.45, 2.75) is 36.9 Å². The predicted molar refractivity (Wildman–Crippen MR) is 85.4 cm³/mol. The third kappa shape index (κ3) is 3.52. The molecule has 0 radical (unpaired) electrons. The van der Waals surface area contributed by atoms with Crippen LogP contribution in [0, 0.1) is 0 Å². The molecule has 0 atom stereocenters. The molecule has 0 aliphatic heterocycles. The molecule has 2 rings (SSSR count). The van der Waals surface area contributed by atoms with Gasteiger partial charge in [0.25, 0.3) is 0 Å². The van der Waals surface area contributed by atoms with Gasteiger partial charge in [0.2, 0.25) is 0 Å². The first-order valence-corrected chi connectivity index (χ1v) is 8.49. The van der Waals surface area contributed by atoms with Crippen LogP contribution in [0.1, 0.15) is 32.1 Å².